The lowest BCUT2D eigenvalue weighted by Crippen LogP contribution is -2.49. The van der Waals surface area contributed by atoms with E-state index in [1.54, 1.807) is 26.0 Å². The van der Waals surface area contributed by atoms with Crippen molar-refractivity contribution in [3.63, 3.8) is 0 Å². The van der Waals surface area contributed by atoms with Gasteiger partial charge in [-0.15, -0.1) is 0 Å². The van der Waals surface area contributed by atoms with Crippen LogP contribution in [0.15, 0.2) is 24.3 Å². The number of carbonyl (C=O) groups excluding carboxylic acids is 4. The van der Waals surface area contributed by atoms with E-state index < -0.39 is 23.9 Å². The minimum atomic E-state index is -1.55. The molecule has 2 rings (SSSR count). The van der Waals surface area contributed by atoms with Crippen molar-refractivity contribution in [1.82, 2.24) is 10.2 Å². The van der Waals surface area contributed by atoms with E-state index in [0.717, 1.165) is 19.3 Å². The van der Waals surface area contributed by atoms with Crippen LogP contribution in [0, 0.1) is 0 Å². The molecule has 0 aliphatic carbocycles. The lowest BCUT2D eigenvalue weighted by atomic mass is 9.97. The molecule has 2 amide bonds. The van der Waals surface area contributed by atoms with Gasteiger partial charge in [0.1, 0.15) is 5.75 Å². The Morgan fingerprint density at radius 1 is 0.969 bits per heavy atom. The zero-order chi connectivity index (χ0) is 23.7. The van der Waals surface area contributed by atoms with Gasteiger partial charge in [-0.1, -0.05) is 0 Å². The average Bonchev–Trinajstić information content (AvgIpc) is 2.76. The number of likely N-dealkylation sites (tertiary alicyclic amines) is 1. The summed E-state index contributed by atoms with van der Waals surface area (Å²) in [6, 6.07) is 4.89. The van der Waals surface area contributed by atoms with Crippen LogP contribution < -0.4 is 10.1 Å². The van der Waals surface area contributed by atoms with Crippen molar-refractivity contribution in [1.29, 1.82) is 0 Å². The molecule has 1 aromatic carbocycles. The Balaban J connectivity index is 1.96. The highest BCUT2D eigenvalue weighted by Gasteiger charge is 2.32. The Morgan fingerprint density at radius 2 is 1.50 bits per heavy atom. The molecular formula is C23H32N2O7. The van der Waals surface area contributed by atoms with Gasteiger partial charge in [0.2, 0.25) is 6.04 Å². The van der Waals surface area contributed by atoms with E-state index in [1.165, 1.54) is 12.1 Å². The van der Waals surface area contributed by atoms with Crippen LogP contribution in [-0.4, -0.2) is 66.6 Å². The second kappa shape index (κ2) is 12.1. The number of ether oxygens (including phenoxy) is 3. The topological polar surface area (TPSA) is 111 Å². The molecule has 9 nitrogen and oxygen atoms in total. The maximum Gasteiger partial charge on any atom is 0.340 e. The molecule has 1 aromatic rings. The van der Waals surface area contributed by atoms with Gasteiger partial charge in [-0.2, -0.15) is 0 Å². The van der Waals surface area contributed by atoms with Crippen molar-refractivity contribution in [3.8, 4) is 5.75 Å². The van der Waals surface area contributed by atoms with Gasteiger partial charge in [-0.05, 0) is 71.2 Å². The van der Waals surface area contributed by atoms with Crippen LogP contribution >= 0.6 is 0 Å². The van der Waals surface area contributed by atoms with Crippen LogP contribution in [-0.2, 0) is 23.9 Å². The maximum atomic E-state index is 12.6. The number of carbonyl (C=O) groups is 4. The van der Waals surface area contributed by atoms with Crippen molar-refractivity contribution in [2.24, 2.45) is 0 Å². The minimum absolute atomic E-state index is 0.0599. The molecule has 0 spiro atoms. The largest absolute Gasteiger partial charge is 0.484 e. The fourth-order valence-corrected chi connectivity index (χ4v) is 3.71. The second-order valence-electron chi connectivity index (χ2n) is 7.65. The number of esters is 2. The van der Waals surface area contributed by atoms with Crippen molar-refractivity contribution in [2.45, 2.75) is 65.1 Å². The van der Waals surface area contributed by atoms with Crippen molar-refractivity contribution >= 4 is 23.8 Å². The number of nitrogens with zero attached hydrogens (tertiary/aromatic N) is 1. The summed E-state index contributed by atoms with van der Waals surface area (Å²) in [5, 5.41) is 2.34. The Labute approximate surface area is 188 Å². The van der Waals surface area contributed by atoms with Gasteiger partial charge in [0, 0.05) is 17.6 Å². The van der Waals surface area contributed by atoms with Gasteiger partial charge in [0.15, 0.2) is 6.61 Å². The summed E-state index contributed by atoms with van der Waals surface area (Å²) < 4.78 is 15.3. The molecule has 9 heteroatoms. The molecule has 2 atom stereocenters. The summed E-state index contributed by atoms with van der Waals surface area (Å²) in [5.41, 5.74) is 0.209. The fraction of sp³-hybridized carbons (Fsp3) is 0.565. The summed E-state index contributed by atoms with van der Waals surface area (Å²) in [7, 11) is 0. The normalized spacial score (nSPS) is 18.1. The summed E-state index contributed by atoms with van der Waals surface area (Å²) in [4.78, 5) is 51.0. The lowest BCUT2D eigenvalue weighted by molar-refractivity contribution is -0.157. The van der Waals surface area contributed by atoms with E-state index in [-0.39, 0.29) is 43.4 Å². The Hall–Kier alpha value is -3.10. The molecule has 1 fully saturated rings. The summed E-state index contributed by atoms with van der Waals surface area (Å²) in [6.07, 6.45) is 3.08. The zero-order valence-corrected chi connectivity index (χ0v) is 19.1. The molecule has 1 saturated heterocycles. The predicted molar refractivity (Wildman–Crippen MR) is 116 cm³/mol. The second-order valence-corrected chi connectivity index (χ2v) is 7.65. The highest BCUT2D eigenvalue weighted by atomic mass is 16.6. The number of rotatable bonds is 9. The van der Waals surface area contributed by atoms with Crippen LogP contribution in [0.25, 0.3) is 0 Å². The van der Waals surface area contributed by atoms with E-state index in [4.69, 9.17) is 14.2 Å². The van der Waals surface area contributed by atoms with E-state index >= 15 is 0 Å². The monoisotopic (exact) mass is 448 g/mol. The number of benzene rings is 1. The molecule has 176 valence electrons. The molecule has 1 aliphatic heterocycles. The van der Waals surface area contributed by atoms with Gasteiger partial charge in [-0.25, -0.2) is 9.59 Å². The highest BCUT2D eigenvalue weighted by molar-refractivity contribution is 6.05. The van der Waals surface area contributed by atoms with Crippen LogP contribution in [0.3, 0.4) is 0 Å². The molecule has 0 aromatic heterocycles. The van der Waals surface area contributed by atoms with Crippen molar-refractivity contribution in [2.75, 3.05) is 19.8 Å². The van der Waals surface area contributed by atoms with E-state index in [2.05, 4.69) is 5.32 Å². The van der Waals surface area contributed by atoms with Gasteiger partial charge in [0.25, 0.3) is 11.8 Å². The number of hydrogen-bond acceptors (Lipinski definition) is 7. The van der Waals surface area contributed by atoms with Gasteiger partial charge in [-0.3, -0.25) is 9.59 Å². The van der Waals surface area contributed by atoms with E-state index in [0.29, 0.717) is 5.75 Å². The molecule has 2 unspecified atom stereocenters. The van der Waals surface area contributed by atoms with Gasteiger partial charge >= 0.3 is 11.9 Å². The number of piperidine rings is 1. The fourth-order valence-electron chi connectivity index (χ4n) is 3.71. The predicted octanol–water partition coefficient (Wildman–Crippen LogP) is 2.08. The molecule has 1 N–H and O–H groups in total. The molecule has 0 radical (unpaired) electrons. The molecule has 1 heterocycles. The third-order valence-corrected chi connectivity index (χ3v) is 5.28. The van der Waals surface area contributed by atoms with Crippen LogP contribution in [0.2, 0.25) is 0 Å². The van der Waals surface area contributed by atoms with Crippen LogP contribution in [0.5, 0.6) is 5.75 Å². The quantitative estimate of drug-likeness (QED) is 0.455. The molecule has 0 bridgehead atoms. The first-order valence-electron chi connectivity index (χ1n) is 11.0. The number of hydrogen-bond donors (Lipinski definition) is 1. The maximum absolute atomic E-state index is 12.6. The van der Waals surface area contributed by atoms with E-state index in [1.807, 2.05) is 18.7 Å². The van der Waals surface area contributed by atoms with E-state index in [9.17, 15) is 19.2 Å². The lowest BCUT2D eigenvalue weighted by Gasteiger charge is -2.38. The zero-order valence-electron chi connectivity index (χ0n) is 19.1. The SMILES string of the molecule is CCOC(=O)C(NC(=O)c1ccc(OCC(=O)N2C(C)CCCC2C)cc1)C(=O)OCC. The smallest absolute Gasteiger partial charge is 0.340 e. The number of nitrogens with one attached hydrogen (secondary N) is 1. The third-order valence-electron chi connectivity index (χ3n) is 5.28. The van der Waals surface area contributed by atoms with Crippen LogP contribution in [0.1, 0.15) is 57.3 Å². The Bertz CT molecular complexity index is 781. The first-order valence-corrected chi connectivity index (χ1v) is 11.0. The van der Waals surface area contributed by atoms with Gasteiger partial charge < -0.3 is 24.4 Å². The first-order chi connectivity index (χ1) is 15.3. The van der Waals surface area contributed by atoms with Gasteiger partial charge in [0.05, 0.1) is 13.2 Å². The molecule has 1 aliphatic rings. The first kappa shape index (κ1) is 25.2. The summed E-state index contributed by atoms with van der Waals surface area (Å²) in [6.45, 7) is 7.31. The molecule has 32 heavy (non-hydrogen) atoms. The number of amides is 2. The average molecular weight is 449 g/mol. The third kappa shape index (κ3) is 6.70. The Kier molecular flexibility index (Phi) is 9.49. The van der Waals surface area contributed by atoms with Crippen molar-refractivity contribution < 1.29 is 33.4 Å². The van der Waals surface area contributed by atoms with Crippen molar-refractivity contribution in [3.05, 3.63) is 29.8 Å². The molecular weight excluding hydrogens is 416 g/mol. The highest BCUT2D eigenvalue weighted by Crippen LogP contribution is 2.23. The minimum Gasteiger partial charge on any atom is -0.484 e. The summed E-state index contributed by atoms with van der Waals surface area (Å²) in [5.74, 6) is -2.06. The molecule has 0 saturated carbocycles. The Morgan fingerprint density at radius 3 is 2.00 bits per heavy atom. The summed E-state index contributed by atoms with van der Waals surface area (Å²) >= 11 is 0. The van der Waals surface area contributed by atoms with Crippen LogP contribution in [0.4, 0.5) is 0 Å². The standard InChI is InChI=1S/C23H32N2O7/c1-5-30-22(28)20(23(29)31-6-2)24-21(27)17-10-12-18(13-11-17)32-14-19(26)25-15(3)8-7-9-16(25)4/h10-13,15-16,20H,5-9,14H2,1-4H3,(H,24,27).